The predicted molar refractivity (Wildman–Crippen MR) is 77.6 cm³/mol. The Kier molecular flexibility index (Phi) is 3.28. The molecule has 0 spiro atoms. The van der Waals surface area contributed by atoms with Gasteiger partial charge in [-0.05, 0) is 25.8 Å². The number of hydrogen-bond acceptors (Lipinski definition) is 3. The number of carbonyl (C=O) groups excluding carboxylic acids is 1. The second-order valence-electron chi connectivity index (χ2n) is 5.13. The van der Waals surface area contributed by atoms with Crippen LogP contribution in [0.3, 0.4) is 0 Å². The molecule has 0 atom stereocenters. The minimum Gasteiger partial charge on any atom is -0.322 e. The van der Waals surface area contributed by atoms with E-state index in [0.29, 0.717) is 16.6 Å². The number of carbonyl (C=O) groups is 1. The van der Waals surface area contributed by atoms with E-state index in [1.165, 1.54) is 0 Å². The molecular formula is C15H17N3O2. The lowest BCUT2D eigenvalue weighted by atomic mass is 10.0. The molecule has 0 aliphatic carbocycles. The molecule has 2 heterocycles. The van der Waals surface area contributed by atoms with Crippen molar-refractivity contribution in [2.45, 2.75) is 19.8 Å². The summed E-state index contributed by atoms with van der Waals surface area (Å²) in [6.07, 6.45) is 2.19. The van der Waals surface area contributed by atoms with Crippen LogP contribution < -0.4 is 11.0 Å². The smallest absolute Gasteiger partial charge is 0.266 e. The Morgan fingerprint density at radius 2 is 1.95 bits per heavy atom. The molecule has 5 nitrogen and oxygen atoms in total. The predicted octanol–water partition coefficient (Wildman–Crippen LogP) is 1.58. The monoisotopic (exact) mass is 271 g/mol. The summed E-state index contributed by atoms with van der Waals surface area (Å²) in [5, 5.41) is 2.69. The standard InChI is InChI=1S/C15H17N3O2/c1-10-13(15(20)17-18-8-4-5-9-18)11-6-2-3-7-12(11)16-14(10)19/h2-3,6-7H,4-5,8-9H2,1H3,(H,16,19)(H,17,20). The summed E-state index contributed by atoms with van der Waals surface area (Å²) in [6, 6.07) is 7.38. The first-order chi connectivity index (χ1) is 9.66. The zero-order valence-electron chi connectivity index (χ0n) is 11.4. The van der Waals surface area contributed by atoms with Gasteiger partial charge in [0.25, 0.3) is 11.5 Å². The number of para-hydroxylation sites is 1. The van der Waals surface area contributed by atoms with Crippen LogP contribution in [0.2, 0.25) is 0 Å². The summed E-state index contributed by atoms with van der Waals surface area (Å²) < 4.78 is 0. The second kappa shape index (κ2) is 5.09. The maximum absolute atomic E-state index is 12.5. The van der Waals surface area contributed by atoms with E-state index in [-0.39, 0.29) is 11.5 Å². The first-order valence-corrected chi connectivity index (χ1v) is 6.84. The van der Waals surface area contributed by atoms with Crippen LogP contribution >= 0.6 is 0 Å². The summed E-state index contributed by atoms with van der Waals surface area (Å²) in [5.74, 6) is -0.202. The van der Waals surface area contributed by atoms with Crippen LogP contribution in [0.4, 0.5) is 0 Å². The molecule has 104 valence electrons. The van der Waals surface area contributed by atoms with Gasteiger partial charge in [-0.15, -0.1) is 0 Å². The van der Waals surface area contributed by atoms with Gasteiger partial charge >= 0.3 is 0 Å². The van der Waals surface area contributed by atoms with Crippen LogP contribution in [0.25, 0.3) is 10.9 Å². The molecule has 20 heavy (non-hydrogen) atoms. The lowest BCUT2D eigenvalue weighted by molar-refractivity contribution is 0.0827. The molecule has 0 unspecified atom stereocenters. The zero-order valence-corrected chi connectivity index (χ0v) is 11.4. The van der Waals surface area contributed by atoms with Gasteiger partial charge in [-0.2, -0.15) is 0 Å². The van der Waals surface area contributed by atoms with E-state index in [9.17, 15) is 9.59 Å². The maximum Gasteiger partial charge on any atom is 0.266 e. The summed E-state index contributed by atoms with van der Waals surface area (Å²) in [5.41, 5.74) is 4.30. The molecule has 0 radical (unpaired) electrons. The number of rotatable bonds is 2. The summed E-state index contributed by atoms with van der Waals surface area (Å²) in [6.45, 7) is 3.42. The highest BCUT2D eigenvalue weighted by Crippen LogP contribution is 2.18. The van der Waals surface area contributed by atoms with Crippen molar-refractivity contribution >= 4 is 16.8 Å². The molecule has 1 aliphatic heterocycles. The molecule has 1 fully saturated rings. The number of pyridine rings is 1. The quantitative estimate of drug-likeness (QED) is 0.871. The van der Waals surface area contributed by atoms with Gasteiger partial charge in [0.2, 0.25) is 0 Å². The maximum atomic E-state index is 12.5. The summed E-state index contributed by atoms with van der Waals surface area (Å²) >= 11 is 0. The average molecular weight is 271 g/mol. The summed E-state index contributed by atoms with van der Waals surface area (Å²) in [7, 11) is 0. The minimum absolute atomic E-state index is 0.202. The molecule has 1 saturated heterocycles. The Bertz CT molecular complexity index is 715. The molecule has 5 heteroatoms. The molecule has 1 aromatic heterocycles. The van der Waals surface area contributed by atoms with Crippen LogP contribution in [0.15, 0.2) is 29.1 Å². The molecule has 1 aromatic carbocycles. The van der Waals surface area contributed by atoms with Crippen molar-refractivity contribution in [3.63, 3.8) is 0 Å². The molecule has 1 aliphatic rings. The van der Waals surface area contributed by atoms with Gasteiger partial charge in [-0.1, -0.05) is 18.2 Å². The van der Waals surface area contributed by atoms with Crippen LogP contribution in [-0.4, -0.2) is 29.0 Å². The van der Waals surface area contributed by atoms with Crippen molar-refractivity contribution in [2.75, 3.05) is 13.1 Å². The highest BCUT2D eigenvalue weighted by atomic mass is 16.2. The fraction of sp³-hybridized carbons (Fsp3) is 0.333. The minimum atomic E-state index is -0.213. The average Bonchev–Trinajstić information content (AvgIpc) is 2.93. The lowest BCUT2D eigenvalue weighted by Gasteiger charge is -2.17. The van der Waals surface area contributed by atoms with Gasteiger partial charge in [0.15, 0.2) is 0 Å². The molecular weight excluding hydrogens is 254 g/mol. The van der Waals surface area contributed by atoms with Gasteiger partial charge in [-0.25, -0.2) is 5.01 Å². The highest BCUT2D eigenvalue weighted by molar-refractivity contribution is 6.07. The SMILES string of the molecule is Cc1c(C(=O)NN2CCCC2)c2ccccc2[nH]c1=O. The Hall–Kier alpha value is -2.14. The Labute approximate surface area is 116 Å². The number of H-pyrrole nitrogens is 1. The first kappa shape index (κ1) is 12.9. The van der Waals surface area contributed by atoms with Gasteiger partial charge < -0.3 is 4.98 Å². The fourth-order valence-corrected chi connectivity index (χ4v) is 2.66. The lowest BCUT2D eigenvalue weighted by Crippen LogP contribution is -2.41. The third-order valence-corrected chi connectivity index (χ3v) is 3.75. The topological polar surface area (TPSA) is 65.2 Å². The second-order valence-corrected chi connectivity index (χ2v) is 5.13. The molecule has 2 N–H and O–H groups in total. The number of hydrogen-bond donors (Lipinski definition) is 2. The van der Waals surface area contributed by atoms with Crippen LogP contribution in [0.1, 0.15) is 28.8 Å². The number of nitrogens with zero attached hydrogens (tertiary/aromatic N) is 1. The molecule has 1 amide bonds. The van der Waals surface area contributed by atoms with Gasteiger partial charge in [0.1, 0.15) is 0 Å². The van der Waals surface area contributed by atoms with Gasteiger partial charge in [0, 0.05) is 29.6 Å². The summed E-state index contributed by atoms with van der Waals surface area (Å²) in [4.78, 5) is 27.2. The van der Waals surface area contributed by atoms with Crippen molar-refractivity contribution in [1.82, 2.24) is 15.4 Å². The molecule has 2 aromatic rings. The number of fused-ring (bicyclic) bond motifs is 1. The largest absolute Gasteiger partial charge is 0.322 e. The highest BCUT2D eigenvalue weighted by Gasteiger charge is 2.20. The molecule has 0 saturated carbocycles. The Morgan fingerprint density at radius 1 is 1.25 bits per heavy atom. The third kappa shape index (κ3) is 2.20. The van der Waals surface area contributed by atoms with E-state index in [1.54, 1.807) is 6.92 Å². The van der Waals surface area contributed by atoms with Crippen LogP contribution in [0, 0.1) is 6.92 Å². The number of amides is 1. The Balaban J connectivity index is 2.06. The number of hydrazine groups is 1. The third-order valence-electron chi connectivity index (χ3n) is 3.75. The number of nitrogens with one attached hydrogen (secondary N) is 2. The van der Waals surface area contributed by atoms with E-state index < -0.39 is 0 Å². The number of aromatic nitrogens is 1. The van der Waals surface area contributed by atoms with Crippen LogP contribution in [-0.2, 0) is 0 Å². The van der Waals surface area contributed by atoms with Crippen molar-refractivity contribution in [2.24, 2.45) is 0 Å². The van der Waals surface area contributed by atoms with E-state index >= 15 is 0 Å². The van der Waals surface area contributed by atoms with E-state index in [1.807, 2.05) is 29.3 Å². The van der Waals surface area contributed by atoms with E-state index in [2.05, 4.69) is 10.4 Å². The van der Waals surface area contributed by atoms with Gasteiger partial charge in [0.05, 0.1) is 5.56 Å². The van der Waals surface area contributed by atoms with E-state index in [4.69, 9.17) is 0 Å². The number of benzene rings is 1. The van der Waals surface area contributed by atoms with Crippen molar-refractivity contribution in [3.05, 3.63) is 45.7 Å². The molecule has 3 rings (SSSR count). The van der Waals surface area contributed by atoms with Crippen molar-refractivity contribution < 1.29 is 4.79 Å². The van der Waals surface area contributed by atoms with Crippen LogP contribution in [0.5, 0.6) is 0 Å². The number of aromatic amines is 1. The normalized spacial score (nSPS) is 15.7. The fourth-order valence-electron chi connectivity index (χ4n) is 2.66. The zero-order chi connectivity index (χ0) is 14.1. The molecule has 0 bridgehead atoms. The Morgan fingerprint density at radius 3 is 2.70 bits per heavy atom. The van der Waals surface area contributed by atoms with Gasteiger partial charge in [-0.3, -0.25) is 15.0 Å². The first-order valence-electron chi connectivity index (χ1n) is 6.84. The van der Waals surface area contributed by atoms with E-state index in [0.717, 1.165) is 31.3 Å². The van der Waals surface area contributed by atoms with Crippen molar-refractivity contribution in [3.8, 4) is 0 Å². The van der Waals surface area contributed by atoms with Crippen molar-refractivity contribution in [1.29, 1.82) is 0 Å².